The molecule has 2 N–H and O–H groups in total. The molecule has 100 valence electrons. The van der Waals surface area contributed by atoms with Crippen molar-refractivity contribution < 1.29 is 9.53 Å². The highest BCUT2D eigenvalue weighted by Crippen LogP contribution is 2.04. The van der Waals surface area contributed by atoms with Crippen molar-refractivity contribution in [3.63, 3.8) is 0 Å². The van der Waals surface area contributed by atoms with Crippen LogP contribution in [0.15, 0.2) is 0 Å². The number of nitrogens with one attached hydrogen (secondary N) is 2. The second kappa shape index (κ2) is 8.48. The number of ether oxygens (including phenoxy) is 1. The van der Waals surface area contributed by atoms with Crippen LogP contribution in [-0.4, -0.2) is 38.3 Å². The van der Waals surface area contributed by atoms with E-state index in [-0.39, 0.29) is 11.9 Å². The average molecular weight is 242 g/mol. The molecule has 1 aliphatic heterocycles. The smallest absolute Gasteiger partial charge is 0.237 e. The molecule has 0 spiro atoms. The first kappa shape index (κ1) is 14.5. The Morgan fingerprint density at radius 3 is 3.00 bits per heavy atom. The van der Waals surface area contributed by atoms with Crippen LogP contribution in [-0.2, 0) is 9.53 Å². The van der Waals surface area contributed by atoms with Gasteiger partial charge in [0.15, 0.2) is 0 Å². The lowest BCUT2D eigenvalue weighted by Crippen LogP contribution is -2.43. The first-order valence-corrected chi connectivity index (χ1v) is 6.79. The molecule has 1 rings (SSSR count). The van der Waals surface area contributed by atoms with Gasteiger partial charge in [0.25, 0.3) is 0 Å². The maximum absolute atomic E-state index is 11.6. The van der Waals surface area contributed by atoms with E-state index in [1.165, 1.54) is 0 Å². The van der Waals surface area contributed by atoms with Crippen LogP contribution in [0.1, 0.15) is 39.5 Å². The molecule has 17 heavy (non-hydrogen) atoms. The third-order valence-corrected chi connectivity index (χ3v) is 3.01. The standard InChI is InChI=1S/C13H26N2O2/c1-11(2)6-9-17-10-8-14-12-5-3-4-7-15-13(12)16/h11-12,14H,3-10H2,1-2H3,(H,15,16). The maximum Gasteiger partial charge on any atom is 0.237 e. The molecule has 0 aromatic heterocycles. The number of hydrogen-bond donors (Lipinski definition) is 2. The van der Waals surface area contributed by atoms with Crippen LogP contribution >= 0.6 is 0 Å². The quantitative estimate of drug-likeness (QED) is 0.662. The second-order valence-corrected chi connectivity index (χ2v) is 5.09. The van der Waals surface area contributed by atoms with Gasteiger partial charge in [-0.2, -0.15) is 0 Å². The molecule has 0 aliphatic carbocycles. The molecule has 0 aromatic rings. The lowest BCUT2D eigenvalue weighted by atomic mass is 10.1. The van der Waals surface area contributed by atoms with Crippen molar-refractivity contribution in [2.45, 2.75) is 45.6 Å². The summed E-state index contributed by atoms with van der Waals surface area (Å²) in [5.41, 5.74) is 0. The Labute approximate surface area is 104 Å². The molecule has 1 aliphatic rings. The summed E-state index contributed by atoms with van der Waals surface area (Å²) in [5, 5.41) is 6.18. The monoisotopic (exact) mass is 242 g/mol. The van der Waals surface area contributed by atoms with Crippen molar-refractivity contribution in [1.82, 2.24) is 10.6 Å². The largest absolute Gasteiger partial charge is 0.380 e. The van der Waals surface area contributed by atoms with E-state index < -0.39 is 0 Å². The highest BCUT2D eigenvalue weighted by molar-refractivity contribution is 5.81. The molecular weight excluding hydrogens is 216 g/mol. The van der Waals surface area contributed by atoms with Crippen molar-refractivity contribution in [1.29, 1.82) is 0 Å². The van der Waals surface area contributed by atoms with Crippen LogP contribution in [0.5, 0.6) is 0 Å². The molecule has 1 fully saturated rings. The summed E-state index contributed by atoms with van der Waals surface area (Å²) >= 11 is 0. The second-order valence-electron chi connectivity index (χ2n) is 5.09. The minimum absolute atomic E-state index is 0.0220. The van der Waals surface area contributed by atoms with Gasteiger partial charge in [0.05, 0.1) is 12.6 Å². The molecule has 0 aromatic carbocycles. The van der Waals surface area contributed by atoms with E-state index in [2.05, 4.69) is 24.5 Å². The molecule has 1 unspecified atom stereocenters. The van der Waals surface area contributed by atoms with Crippen molar-refractivity contribution >= 4 is 5.91 Å². The van der Waals surface area contributed by atoms with Gasteiger partial charge in [0.2, 0.25) is 5.91 Å². The Morgan fingerprint density at radius 1 is 1.41 bits per heavy atom. The molecule has 1 heterocycles. The topological polar surface area (TPSA) is 50.4 Å². The van der Waals surface area contributed by atoms with Gasteiger partial charge in [-0.05, 0) is 31.6 Å². The van der Waals surface area contributed by atoms with Gasteiger partial charge in [-0.1, -0.05) is 13.8 Å². The predicted octanol–water partition coefficient (Wildman–Crippen LogP) is 1.31. The van der Waals surface area contributed by atoms with Gasteiger partial charge in [-0.3, -0.25) is 4.79 Å². The molecule has 4 nitrogen and oxygen atoms in total. The minimum atomic E-state index is -0.0220. The van der Waals surface area contributed by atoms with Gasteiger partial charge >= 0.3 is 0 Å². The molecular formula is C13H26N2O2. The summed E-state index contributed by atoms with van der Waals surface area (Å²) < 4.78 is 5.51. The van der Waals surface area contributed by atoms with Crippen molar-refractivity contribution in [3.05, 3.63) is 0 Å². The van der Waals surface area contributed by atoms with Crippen molar-refractivity contribution in [2.24, 2.45) is 5.92 Å². The summed E-state index contributed by atoms with van der Waals surface area (Å²) in [6, 6.07) is -0.0220. The normalized spacial score (nSPS) is 21.4. The lowest BCUT2D eigenvalue weighted by Gasteiger charge is -2.15. The number of carbonyl (C=O) groups is 1. The zero-order chi connectivity index (χ0) is 12.5. The molecule has 0 radical (unpaired) electrons. The Morgan fingerprint density at radius 2 is 2.24 bits per heavy atom. The van der Waals surface area contributed by atoms with Crippen LogP contribution in [0, 0.1) is 5.92 Å². The number of amides is 1. The van der Waals surface area contributed by atoms with E-state index in [9.17, 15) is 4.79 Å². The van der Waals surface area contributed by atoms with E-state index in [1.54, 1.807) is 0 Å². The van der Waals surface area contributed by atoms with Crippen LogP contribution < -0.4 is 10.6 Å². The van der Waals surface area contributed by atoms with E-state index >= 15 is 0 Å². The molecule has 1 saturated heterocycles. The summed E-state index contributed by atoms with van der Waals surface area (Å²) in [5.74, 6) is 0.834. The fourth-order valence-corrected chi connectivity index (χ4v) is 1.86. The van der Waals surface area contributed by atoms with Gasteiger partial charge in [-0.15, -0.1) is 0 Å². The average Bonchev–Trinajstić information content (AvgIpc) is 2.48. The first-order chi connectivity index (χ1) is 8.20. The Balaban J connectivity index is 2.02. The van der Waals surface area contributed by atoms with Crippen LogP contribution in [0.25, 0.3) is 0 Å². The zero-order valence-electron chi connectivity index (χ0n) is 11.1. The fourth-order valence-electron chi connectivity index (χ4n) is 1.86. The number of hydrogen-bond acceptors (Lipinski definition) is 3. The summed E-state index contributed by atoms with van der Waals surface area (Å²) in [6.45, 7) is 7.47. The zero-order valence-corrected chi connectivity index (χ0v) is 11.1. The summed E-state index contributed by atoms with van der Waals surface area (Å²) in [4.78, 5) is 11.6. The van der Waals surface area contributed by atoms with Crippen LogP contribution in [0.2, 0.25) is 0 Å². The van der Waals surface area contributed by atoms with Crippen molar-refractivity contribution in [3.8, 4) is 0 Å². The van der Waals surface area contributed by atoms with Gasteiger partial charge in [0.1, 0.15) is 0 Å². The summed E-state index contributed by atoms with van der Waals surface area (Å²) in [7, 11) is 0. The minimum Gasteiger partial charge on any atom is -0.380 e. The lowest BCUT2D eigenvalue weighted by molar-refractivity contribution is -0.122. The van der Waals surface area contributed by atoms with E-state index in [1.807, 2.05) is 0 Å². The molecule has 4 heteroatoms. The predicted molar refractivity (Wildman–Crippen MR) is 68.9 cm³/mol. The Kier molecular flexibility index (Phi) is 7.21. The van der Waals surface area contributed by atoms with E-state index in [4.69, 9.17) is 4.74 Å². The van der Waals surface area contributed by atoms with E-state index in [0.717, 1.165) is 45.4 Å². The summed E-state index contributed by atoms with van der Waals surface area (Å²) in [6.07, 6.45) is 4.25. The molecule has 1 atom stereocenters. The van der Waals surface area contributed by atoms with Gasteiger partial charge < -0.3 is 15.4 Å². The number of rotatable bonds is 7. The maximum atomic E-state index is 11.6. The fraction of sp³-hybridized carbons (Fsp3) is 0.923. The van der Waals surface area contributed by atoms with Crippen molar-refractivity contribution in [2.75, 3.05) is 26.3 Å². The number of carbonyl (C=O) groups excluding carboxylic acids is 1. The molecule has 0 saturated carbocycles. The molecule has 1 amide bonds. The third-order valence-electron chi connectivity index (χ3n) is 3.01. The van der Waals surface area contributed by atoms with Crippen LogP contribution in [0.4, 0.5) is 0 Å². The molecule has 0 bridgehead atoms. The Bertz CT molecular complexity index is 219. The highest BCUT2D eigenvalue weighted by atomic mass is 16.5. The van der Waals surface area contributed by atoms with Crippen LogP contribution in [0.3, 0.4) is 0 Å². The van der Waals surface area contributed by atoms with E-state index in [0.29, 0.717) is 12.5 Å². The SMILES string of the molecule is CC(C)CCOCCNC1CCCCNC1=O. The third kappa shape index (κ3) is 6.64. The highest BCUT2D eigenvalue weighted by Gasteiger charge is 2.19. The first-order valence-electron chi connectivity index (χ1n) is 6.79. The Hall–Kier alpha value is -0.610. The van der Waals surface area contributed by atoms with Gasteiger partial charge in [0, 0.05) is 19.7 Å². The van der Waals surface area contributed by atoms with Gasteiger partial charge in [-0.25, -0.2) is 0 Å².